The summed E-state index contributed by atoms with van der Waals surface area (Å²) in [6.45, 7) is -0.327. The fourth-order valence-corrected chi connectivity index (χ4v) is 3.67. The number of pyridine rings is 1. The van der Waals surface area contributed by atoms with Gasteiger partial charge >= 0.3 is 5.97 Å². The zero-order valence-electron chi connectivity index (χ0n) is 16.9. The van der Waals surface area contributed by atoms with Crippen LogP contribution in [0.5, 0.6) is 5.75 Å². The number of carboxylic acid groups (broad SMARTS) is 1. The van der Waals surface area contributed by atoms with Crippen LogP contribution in [-0.4, -0.2) is 16.1 Å². The van der Waals surface area contributed by atoms with Gasteiger partial charge in [0.25, 0.3) is 0 Å². The Morgan fingerprint density at radius 2 is 1.58 bits per heavy atom. The number of aromatic nitrogens is 1. The van der Waals surface area contributed by atoms with Crippen LogP contribution in [0.25, 0.3) is 22.4 Å². The number of rotatable bonds is 6. The van der Waals surface area contributed by atoms with Crippen molar-refractivity contribution in [3.05, 3.63) is 106 Å². The maximum absolute atomic E-state index is 14.1. The van der Waals surface area contributed by atoms with E-state index in [0.29, 0.717) is 34.2 Å². The van der Waals surface area contributed by atoms with Gasteiger partial charge in [0.15, 0.2) is 11.6 Å². The van der Waals surface area contributed by atoms with Gasteiger partial charge in [-0.25, -0.2) is 22.9 Å². The Morgan fingerprint density at radius 3 is 2.33 bits per heavy atom. The first kappa shape index (κ1) is 22.5. The van der Waals surface area contributed by atoms with Crippen LogP contribution >= 0.6 is 15.9 Å². The van der Waals surface area contributed by atoms with E-state index in [1.165, 1.54) is 6.07 Å². The number of hydrogen-bond acceptors (Lipinski definition) is 3. The predicted octanol–water partition coefficient (Wildman–Crippen LogP) is 6.87. The summed E-state index contributed by atoms with van der Waals surface area (Å²) < 4.78 is 47.4. The highest BCUT2D eigenvalue weighted by atomic mass is 79.9. The number of carboxylic acids is 1. The highest BCUT2D eigenvalue weighted by Crippen LogP contribution is 2.38. The molecule has 4 aromatic rings. The second-order valence-electron chi connectivity index (χ2n) is 7.05. The van der Waals surface area contributed by atoms with Gasteiger partial charge in [0.05, 0.1) is 5.69 Å². The maximum Gasteiger partial charge on any atom is 0.354 e. The summed E-state index contributed by atoms with van der Waals surface area (Å²) in [4.78, 5) is 15.6. The number of ether oxygens (including phenoxy) is 1. The molecule has 0 saturated carbocycles. The second kappa shape index (κ2) is 9.46. The molecular weight excluding hydrogens is 499 g/mol. The first-order valence-electron chi connectivity index (χ1n) is 9.69. The van der Waals surface area contributed by atoms with Gasteiger partial charge < -0.3 is 9.84 Å². The van der Waals surface area contributed by atoms with Crippen LogP contribution in [-0.2, 0) is 6.61 Å². The van der Waals surface area contributed by atoms with Crippen LogP contribution in [0.4, 0.5) is 13.2 Å². The Labute approximate surface area is 195 Å². The lowest BCUT2D eigenvalue weighted by Gasteiger charge is -2.16. The van der Waals surface area contributed by atoms with E-state index in [9.17, 15) is 23.1 Å². The van der Waals surface area contributed by atoms with E-state index in [4.69, 9.17) is 4.74 Å². The molecule has 8 heteroatoms. The molecule has 0 aliphatic carbocycles. The summed E-state index contributed by atoms with van der Waals surface area (Å²) in [6, 6.07) is 18.3. The normalized spacial score (nSPS) is 10.8. The molecule has 3 aromatic carbocycles. The van der Waals surface area contributed by atoms with Crippen molar-refractivity contribution in [2.75, 3.05) is 0 Å². The zero-order chi connectivity index (χ0) is 23.5. The largest absolute Gasteiger partial charge is 0.488 e. The highest BCUT2D eigenvalue weighted by Gasteiger charge is 2.16. The minimum Gasteiger partial charge on any atom is -0.488 e. The van der Waals surface area contributed by atoms with Crippen LogP contribution in [0.1, 0.15) is 16.1 Å². The van der Waals surface area contributed by atoms with E-state index >= 15 is 0 Å². The van der Waals surface area contributed by atoms with Crippen LogP contribution in [0.15, 0.2) is 77.3 Å². The van der Waals surface area contributed by atoms with E-state index in [-0.39, 0.29) is 17.9 Å². The summed E-state index contributed by atoms with van der Waals surface area (Å²) in [6.07, 6.45) is 0. The van der Waals surface area contributed by atoms with Gasteiger partial charge in [0.2, 0.25) is 0 Å². The number of halogens is 4. The van der Waals surface area contributed by atoms with E-state index in [0.717, 1.165) is 10.5 Å². The summed E-state index contributed by atoms with van der Waals surface area (Å²) in [7, 11) is 0. The van der Waals surface area contributed by atoms with Crippen LogP contribution in [0.3, 0.4) is 0 Å². The quantitative estimate of drug-likeness (QED) is 0.285. The molecule has 0 amide bonds. The molecule has 0 spiro atoms. The Morgan fingerprint density at radius 1 is 0.848 bits per heavy atom. The van der Waals surface area contributed by atoms with E-state index in [2.05, 4.69) is 20.9 Å². The Balaban J connectivity index is 1.76. The highest BCUT2D eigenvalue weighted by molar-refractivity contribution is 9.10. The number of benzene rings is 3. The van der Waals surface area contributed by atoms with Crippen molar-refractivity contribution in [1.82, 2.24) is 4.98 Å². The van der Waals surface area contributed by atoms with Gasteiger partial charge in [-0.15, -0.1) is 0 Å². The lowest BCUT2D eigenvalue weighted by molar-refractivity contribution is 0.0690. The lowest BCUT2D eigenvalue weighted by atomic mass is 9.96. The number of hydrogen-bond donors (Lipinski definition) is 1. The summed E-state index contributed by atoms with van der Waals surface area (Å²) in [5.41, 5.74) is 2.18. The predicted molar refractivity (Wildman–Crippen MR) is 120 cm³/mol. The van der Waals surface area contributed by atoms with Gasteiger partial charge in [-0.05, 0) is 42.0 Å². The average Bonchev–Trinajstić information content (AvgIpc) is 2.81. The van der Waals surface area contributed by atoms with Crippen LogP contribution in [0.2, 0.25) is 0 Å². The molecule has 0 aliphatic rings. The third kappa shape index (κ3) is 4.90. The Kier molecular flexibility index (Phi) is 6.46. The van der Waals surface area contributed by atoms with Gasteiger partial charge in [-0.1, -0.05) is 46.3 Å². The SMILES string of the molecule is O=C(O)c1cccc(-c2ccccc2-c2cc(Br)ccc2OCc2cc(F)c(F)cc2F)n1. The molecule has 1 heterocycles. The molecule has 33 heavy (non-hydrogen) atoms. The number of carbonyl (C=O) groups is 1. The standard InChI is InChI=1S/C25H15BrF3NO3/c26-15-8-9-24(33-13-14-10-20(28)21(29)12-19(14)27)18(11-15)16-4-1-2-5-17(16)22-6-3-7-23(30-22)25(31)32/h1-12H,13H2,(H,31,32). The average molecular weight is 514 g/mol. The van der Waals surface area contributed by atoms with Gasteiger partial charge in [0, 0.05) is 27.2 Å². The van der Waals surface area contributed by atoms with Gasteiger partial charge in [-0.2, -0.15) is 0 Å². The summed E-state index contributed by atoms with van der Waals surface area (Å²) >= 11 is 3.43. The first-order valence-corrected chi connectivity index (χ1v) is 10.5. The van der Waals surface area contributed by atoms with Gasteiger partial charge in [0.1, 0.15) is 23.9 Å². The minimum absolute atomic E-state index is 0.0955. The van der Waals surface area contributed by atoms with Crippen molar-refractivity contribution in [2.24, 2.45) is 0 Å². The van der Waals surface area contributed by atoms with E-state index in [1.54, 1.807) is 48.5 Å². The molecule has 0 unspecified atom stereocenters. The van der Waals surface area contributed by atoms with Crippen molar-refractivity contribution in [3.8, 4) is 28.1 Å². The monoisotopic (exact) mass is 513 g/mol. The second-order valence-corrected chi connectivity index (χ2v) is 7.96. The minimum atomic E-state index is -1.27. The molecule has 4 rings (SSSR count). The lowest BCUT2D eigenvalue weighted by Crippen LogP contribution is -2.03. The molecule has 166 valence electrons. The molecule has 4 nitrogen and oxygen atoms in total. The smallest absolute Gasteiger partial charge is 0.354 e. The molecule has 0 saturated heterocycles. The van der Waals surface area contributed by atoms with Crippen molar-refractivity contribution in [3.63, 3.8) is 0 Å². The Hall–Kier alpha value is -3.65. The number of nitrogens with zero attached hydrogens (tertiary/aromatic N) is 1. The van der Waals surface area contributed by atoms with E-state index < -0.39 is 23.4 Å². The van der Waals surface area contributed by atoms with E-state index in [1.807, 2.05) is 6.07 Å². The molecule has 0 aliphatic heterocycles. The fraction of sp³-hybridized carbons (Fsp3) is 0.0400. The van der Waals surface area contributed by atoms with Crippen LogP contribution in [0, 0.1) is 17.5 Å². The fourth-order valence-electron chi connectivity index (χ4n) is 3.31. The van der Waals surface area contributed by atoms with Crippen LogP contribution < -0.4 is 4.74 Å². The molecule has 0 fully saturated rings. The third-order valence-electron chi connectivity index (χ3n) is 4.88. The summed E-state index contributed by atoms with van der Waals surface area (Å²) in [5.74, 6) is -4.13. The third-order valence-corrected chi connectivity index (χ3v) is 5.37. The topological polar surface area (TPSA) is 59.4 Å². The maximum atomic E-state index is 14.1. The number of aromatic carboxylic acids is 1. The first-order chi connectivity index (χ1) is 15.8. The molecular formula is C25H15BrF3NO3. The van der Waals surface area contributed by atoms with Crippen molar-refractivity contribution < 1.29 is 27.8 Å². The Bertz CT molecular complexity index is 1360. The zero-order valence-corrected chi connectivity index (χ0v) is 18.4. The summed E-state index contributed by atoms with van der Waals surface area (Å²) in [5, 5.41) is 9.29. The van der Waals surface area contributed by atoms with Gasteiger partial charge in [-0.3, -0.25) is 0 Å². The molecule has 0 bridgehead atoms. The molecule has 0 radical (unpaired) electrons. The molecule has 1 N–H and O–H groups in total. The molecule has 0 atom stereocenters. The van der Waals surface area contributed by atoms with Crippen molar-refractivity contribution >= 4 is 21.9 Å². The van der Waals surface area contributed by atoms with Crippen molar-refractivity contribution in [1.29, 1.82) is 0 Å². The van der Waals surface area contributed by atoms with Crippen molar-refractivity contribution in [2.45, 2.75) is 6.61 Å². The molecule has 1 aromatic heterocycles.